The molecule has 1 saturated heterocycles. The molecule has 0 aromatic heterocycles. The van der Waals surface area contributed by atoms with Gasteiger partial charge < -0.3 is 9.47 Å². The number of hydrogen-bond donors (Lipinski definition) is 0. The highest BCUT2D eigenvalue weighted by Crippen LogP contribution is 2.39. The van der Waals surface area contributed by atoms with Crippen LogP contribution in [0.2, 0.25) is 0 Å². The zero-order valence-corrected chi connectivity index (χ0v) is 13.3. The normalized spacial score (nSPS) is 34.0. The number of allylic oxidation sites excluding steroid dienone is 1. The van der Waals surface area contributed by atoms with Crippen LogP contribution in [0.4, 0.5) is 13.2 Å². The molecular formula is C15H21F3O3S. The first-order valence-corrected chi connectivity index (χ1v) is 8.73. The van der Waals surface area contributed by atoms with Gasteiger partial charge in [-0.05, 0) is 43.9 Å². The third-order valence-corrected chi connectivity index (χ3v) is 5.14. The molecule has 3 nitrogen and oxygen atoms in total. The van der Waals surface area contributed by atoms with Crippen molar-refractivity contribution in [2.75, 3.05) is 19.5 Å². The van der Waals surface area contributed by atoms with Crippen LogP contribution in [0.1, 0.15) is 25.7 Å². The fourth-order valence-corrected chi connectivity index (χ4v) is 3.16. The van der Waals surface area contributed by atoms with Gasteiger partial charge in [0, 0.05) is 0 Å². The monoisotopic (exact) mass is 338 g/mol. The minimum atomic E-state index is -4.10. The average molecular weight is 338 g/mol. The standard InChI is InChI=1S/C15H21F3O3S/c1-22-12-8-20-14(21-9-12)13(19)7-4-10-2-5-11(6-3-10)15(16,17)18/h4,7,10-12,14H,2-3,5-6,8-9H2,1H3/b7-4+. The van der Waals surface area contributed by atoms with Gasteiger partial charge >= 0.3 is 6.18 Å². The third kappa shape index (κ3) is 4.99. The Bertz CT molecular complexity index is 395. The largest absolute Gasteiger partial charge is 0.391 e. The number of hydrogen-bond acceptors (Lipinski definition) is 4. The van der Waals surface area contributed by atoms with Crippen molar-refractivity contribution in [3.05, 3.63) is 12.2 Å². The SMILES string of the molecule is CSC1COC(C(=O)/C=C/C2CCC(C(F)(F)F)CC2)OC1. The fourth-order valence-electron chi connectivity index (χ4n) is 2.73. The van der Waals surface area contributed by atoms with Gasteiger partial charge in [0.15, 0.2) is 0 Å². The number of thioether (sulfide) groups is 1. The summed E-state index contributed by atoms with van der Waals surface area (Å²) in [6.45, 7) is 0.949. The van der Waals surface area contributed by atoms with Crippen molar-refractivity contribution in [1.29, 1.82) is 0 Å². The molecule has 0 amide bonds. The summed E-state index contributed by atoms with van der Waals surface area (Å²) in [6, 6.07) is 0. The third-order valence-electron chi connectivity index (χ3n) is 4.20. The minimum absolute atomic E-state index is 0.0325. The Morgan fingerprint density at radius 2 is 1.73 bits per heavy atom. The smallest absolute Gasteiger partial charge is 0.345 e. The first-order valence-electron chi connectivity index (χ1n) is 7.45. The highest BCUT2D eigenvalue weighted by atomic mass is 32.2. The molecule has 0 atom stereocenters. The molecule has 1 aliphatic heterocycles. The van der Waals surface area contributed by atoms with Crippen molar-refractivity contribution in [2.45, 2.75) is 43.4 Å². The summed E-state index contributed by atoms with van der Waals surface area (Å²) < 4.78 is 48.4. The molecule has 7 heteroatoms. The summed E-state index contributed by atoms with van der Waals surface area (Å²) in [5, 5.41) is 0.241. The lowest BCUT2D eigenvalue weighted by molar-refractivity contribution is -0.183. The van der Waals surface area contributed by atoms with Gasteiger partial charge in [0.05, 0.1) is 24.4 Å². The second kappa shape index (κ2) is 7.84. The molecule has 1 heterocycles. The topological polar surface area (TPSA) is 35.5 Å². The molecule has 2 fully saturated rings. The number of ketones is 1. The second-order valence-electron chi connectivity index (χ2n) is 5.77. The number of alkyl halides is 3. The maximum atomic E-state index is 12.6. The van der Waals surface area contributed by atoms with Crippen LogP contribution in [0.15, 0.2) is 12.2 Å². The molecule has 0 radical (unpaired) electrons. The van der Waals surface area contributed by atoms with Gasteiger partial charge in [0.25, 0.3) is 0 Å². The molecule has 2 rings (SSSR count). The van der Waals surface area contributed by atoms with Crippen molar-refractivity contribution in [2.24, 2.45) is 11.8 Å². The van der Waals surface area contributed by atoms with Crippen LogP contribution in [0, 0.1) is 11.8 Å². The van der Waals surface area contributed by atoms with Crippen LogP contribution in [-0.2, 0) is 14.3 Å². The molecule has 1 aliphatic carbocycles. The van der Waals surface area contributed by atoms with Crippen LogP contribution in [0.5, 0.6) is 0 Å². The molecule has 0 unspecified atom stereocenters. The van der Waals surface area contributed by atoms with Crippen LogP contribution in [-0.4, -0.2) is 43.0 Å². The van der Waals surface area contributed by atoms with Gasteiger partial charge in [-0.25, -0.2) is 0 Å². The Morgan fingerprint density at radius 1 is 1.14 bits per heavy atom. The van der Waals surface area contributed by atoms with E-state index >= 15 is 0 Å². The first-order chi connectivity index (χ1) is 10.4. The number of rotatable bonds is 4. The van der Waals surface area contributed by atoms with Crippen LogP contribution in [0.3, 0.4) is 0 Å². The van der Waals surface area contributed by atoms with Crippen LogP contribution < -0.4 is 0 Å². The van der Waals surface area contributed by atoms with Crippen LogP contribution in [0.25, 0.3) is 0 Å². The molecule has 2 aliphatic rings. The Labute approximate surface area is 132 Å². The van der Waals surface area contributed by atoms with Crippen molar-refractivity contribution < 1.29 is 27.4 Å². The highest BCUT2D eigenvalue weighted by Gasteiger charge is 2.41. The van der Waals surface area contributed by atoms with Gasteiger partial charge in [0.2, 0.25) is 12.1 Å². The zero-order chi connectivity index (χ0) is 16.2. The maximum absolute atomic E-state index is 12.6. The summed E-state index contributed by atoms with van der Waals surface area (Å²) in [6.07, 6.45) is 1.32. The number of carbonyl (C=O) groups excluding carboxylic acids is 1. The molecule has 1 saturated carbocycles. The van der Waals surface area contributed by atoms with E-state index in [0.717, 1.165) is 0 Å². The molecule has 0 bridgehead atoms. The predicted molar refractivity (Wildman–Crippen MR) is 78.6 cm³/mol. The fraction of sp³-hybridized carbons (Fsp3) is 0.800. The quantitative estimate of drug-likeness (QED) is 0.734. The van der Waals surface area contributed by atoms with Gasteiger partial charge in [-0.1, -0.05) is 6.08 Å². The summed E-state index contributed by atoms with van der Waals surface area (Å²) in [5.41, 5.74) is 0. The molecule has 0 aromatic carbocycles. The lowest BCUT2D eigenvalue weighted by Crippen LogP contribution is -2.38. The summed E-state index contributed by atoms with van der Waals surface area (Å²) in [5.74, 6) is -1.43. The number of halogens is 3. The molecule has 0 aromatic rings. The van der Waals surface area contributed by atoms with E-state index < -0.39 is 18.4 Å². The van der Waals surface area contributed by atoms with Crippen molar-refractivity contribution in [3.8, 4) is 0 Å². The Hall–Kier alpha value is -0.530. The van der Waals surface area contributed by atoms with Crippen molar-refractivity contribution in [3.63, 3.8) is 0 Å². The minimum Gasteiger partial charge on any atom is -0.345 e. The Kier molecular flexibility index (Phi) is 6.35. The molecule has 126 valence electrons. The Balaban J connectivity index is 1.75. The average Bonchev–Trinajstić information content (AvgIpc) is 2.52. The number of carbonyl (C=O) groups is 1. The summed E-state index contributed by atoms with van der Waals surface area (Å²) in [7, 11) is 0. The van der Waals surface area contributed by atoms with Gasteiger partial charge in [-0.2, -0.15) is 24.9 Å². The lowest BCUT2D eigenvalue weighted by atomic mass is 9.81. The molecule has 22 heavy (non-hydrogen) atoms. The van der Waals surface area contributed by atoms with Gasteiger partial charge in [-0.15, -0.1) is 0 Å². The van der Waals surface area contributed by atoms with E-state index in [-0.39, 0.29) is 29.8 Å². The van der Waals surface area contributed by atoms with E-state index in [1.54, 1.807) is 17.8 Å². The second-order valence-corrected chi connectivity index (χ2v) is 6.91. The van der Waals surface area contributed by atoms with Crippen molar-refractivity contribution in [1.82, 2.24) is 0 Å². The van der Waals surface area contributed by atoms with E-state index in [0.29, 0.717) is 26.1 Å². The van der Waals surface area contributed by atoms with E-state index in [4.69, 9.17) is 9.47 Å². The van der Waals surface area contributed by atoms with E-state index in [1.165, 1.54) is 6.08 Å². The van der Waals surface area contributed by atoms with E-state index in [9.17, 15) is 18.0 Å². The molecular weight excluding hydrogens is 317 g/mol. The van der Waals surface area contributed by atoms with Gasteiger partial charge in [0.1, 0.15) is 0 Å². The van der Waals surface area contributed by atoms with Gasteiger partial charge in [-0.3, -0.25) is 4.79 Å². The van der Waals surface area contributed by atoms with E-state index in [2.05, 4.69) is 0 Å². The first kappa shape index (κ1) is 17.8. The van der Waals surface area contributed by atoms with Crippen LogP contribution >= 0.6 is 11.8 Å². The summed E-state index contributed by atoms with van der Waals surface area (Å²) in [4.78, 5) is 11.9. The summed E-state index contributed by atoms with van der Waals surface area (Å²) >= 11 is 1.63. The van der Waals surface area contributed by atoms with Crippen molar-refractivity contribution >= 4 is 17.5 Å². The Morgan fingerprint density at radius 3 is 2.23 bits per heavy atom. The lowest BCUT2D eigenvalue weighted by Gasteiger charge is -2.28. The highest BCUT2D eigenvalue weighted by molar-refractivity contribution is 7.99. The van der Waals surface area contributed by atoms with E-state index in [1.807, 2.05) is 6.26 Å². The maximum Gasteiger partial charge on any atom is 0.391 e. The molecule has 0 spiro atoms. The molecule has 0 N–H and O–H groups in total. The predicted octanol–water partition coefficient (Wildman–Crippen LogP) is 3.58. The number of ether oxygens (including phenoxy) is 2. The zero-order valence-electron chi connectivity index (χ0n) is 12.5.